The zero-order chi connectivity index (χ0) is 16.2. The van der Waals surface area contributed by atoms with Crippen LogP contribution in [0.15, 0.2) is 47.6 Å². The van der Waals surface area contributed by atoms with Crippen molar-refractivity contribution in [1.29, 1.82) is 0 Å². The molecule has 22 heavy (non-hydrogen) atoms. The molecule has 0 aromatic heterocycles. The van der Waals surface area contributed by atoms with Gasteiger partial charge in [-0.15, -0.1) is 4.91 Å². The molecule has 6 heteroatoms. The van der Waals surface area contributed by atoms with Crippen molar-refractivity contribution in [3.05, 3.63) is 64.1 Å². The van der Waals surface area contributed by atoms with Crippen molar-refractivity contribution >= 4 is 45.6 Å². The molecule has 1 atom stereocenters. The molecule has 0 fully saturated rings. The highest BCUT2D eigenvalue weighted by molar-refractivity contribution is 14.1. The number of nitroso groups, excluding NO2 is 1. The Balaban J connectivity index is 2.42. The molecule has 0 spiro atoms. The highest BCUT2D eigenvalue weighted by atomic mass is 127. The maximum Gasteiger partial charge on any atom is 0.192 e. The Morgan fingerprint density at radius 1 is 1.18 bits per heavy atom. The van der Waals surface area contributed by atoms with E-state index in [9.17, 15) is 4.91 Å². The van der Waals surface area contributed by atoms with Gasteiger partial charge in [-0.2, -0.15) is 0 Å². The van der Waals surface area contributed by atoms with Crippen molar-refractivity contribution in [2.24, 2.45) is 5.18 Å². The molecule has 0 aliphatic rings. The van der Waals surface area contributed by atoms with E-state index in [4.69, 9.17) is 7.80 Å². The van der Waals surface area contributed by atoms with E-state index in [1.165, 1.54) is 0 Å². The van der Waals surface area contributed by atoms with Crippen LogP contribution in [0.2, 0.25) is 0 Å². The van der Waals surface area contributed by atoms with Gasteiger partial charge in [-0.05, 0) is 63.5 Å². The lowest BCUT2D eigenvalue weighted by Crippen LogP contribution is -2.18. The Morgan fingerprint density at radius 2 is 1.91 bits per heavy atom. The molecule has 0 saturated carbocycles. The first-order chi connectivity index (χ1) is 10.5. The first-order valence-electron chi connectivity index (χ1n) is 6.59. The van der Waals surface area contributed by atoms with Crippen LogP contribution in [0.25, 0.3) is 0 Å². The van der Waals surface area contributed by atoms with Gasteiger partial charge in [0.1, 0.15) is 0 Å². The van der Waals surface area contributed by atoms with E-state index in [0.29, 0.717) is 17.9 Å². The second-order valence-electron chi connectivity index (χ2n) is 4.90. The van der Waals surface area contributed by atoms with Crippen LogP contribution in [-0.2, 0) is 9.97 Å². The van der Waals surface area contributed by atoms with E-state index >= 15 is 0 Å². The minimum absolute atomic E-state index is 0.525. The molecule has 2 aromatic carbocycles. The van der Waals surface area contributed by atoms with E-state index in [1.807, 2.05) is 37.3 Å². The Hall–Kier alpha value is -0.900. The molecule has 4 nitrogen and oxygen atoms in total. The summed E-state index contributed by atoms with van der Waals surface area (Å²) in [7, 11) is 1.57. The molecule has 2 rings (SSSR count). The molecular weight excluding hydrogens is 508 g/mol. The molecule has 0 radical (unpaired) electrons. The molecule has 0 aliphatic heterocycles. The molecule has 0 heterocycles. The van der Waals surface area contributed by atoms with Gasteiger partial charge in [0.25, 0.3) is 0 Å². The second kappa shape index (κ2) is 7.58. The third-order valence-electron chi connectivity index (χ3n) is 3.52. The van der Waals surface area contributed by atoms with Crippen LogP contribution < -0.4 is 7.80 Å². The lowest BCUT2D eigenvalue weighted by molar-refractivity contribution is 0.402. The van der Waals surface area contributed by atoms with Gasteiger partial charge in [0.15, 0.2) is 38.1 Å². The fourth-order valence-corrected chi connectivity index (χ4v) is 3.33. The molecule has 2 aromatic rings. The van der Waals surface area contributed by atoms with Crippen molar-refractivity contribution in [2.75, 3.05) is 7.11 Å². The first kappa shape index (κ1) is 17.5. The minimum Gasteiger partial charge on any atom is -0.493 e. The fraction of sp³-hybridized carbons (Fsp3) is 0.250. The second-order valence-corrected chi connectivity index (χ2v) is 7.12. The van der Waals surface area contributed by atoms with Gasteiger partial charge < -0.3 is 7.80 Å². The summed E-state index contributed by atoms with van der Waals surface area (Å²) in [5.41, 5.74) is 3.04. The molecule has 0 aliphatic carbocycles. The summed E-state index contributed by atoms with van der Waals surface area (Å²) >= 11 is 3.90. The maximum absolute atomic E-state index is 11.6. The average Bonchev–Trinajstić information content (AvgIpc) is 2.56. The van der Waals surface area contributed by atoms with E-state index in [2.05, 4.69) is 27.8 Å². The highest BCUT2D eigenvalue weighted by Crippen LogP contribution is 2.41. The van der Waals surface area contributed by atoms with Gasteiger partial charge in [-0.25, -0.2) is 0 Å². The average molecular weight is 523 g/mol. The van der Waals surface area contributed by atoms with Crippen LogP contribution >= 0.6 is 45.6 Å². The number of halogens is 2. The maximum atomic E-state index is 11.6. The Bertz CT molecular complexity index is 678. The highest BCUT2D eigenvalue weighted by Gasteiger charge is 2.32. The van der Waals surface area contributed by atoms with Crippen LogP contribution in [-0.4, -0.2) is 7.11 Å². The third-order valence-corrected chi connectivity index (χ3v) is 5.20. The third kappa shape index (κ3) is 3.70. The largest absolute Gasteiger partial charge is 0.493 e. The van der Waals surface area contributed by atoms with Crippen molar-refractivity contribution in [1.82, 2.24) is 0 Å². The smallest absolute Gasteiger partial charge is 0.192 e. The molecule has 0 amide bonds. The minimum atomic E-state index is -0.888. The number of benzene rings is 2. The molecule has 116 valence electrons. The Morgan fingerprint density at radius 3 is 2.50 bits per heavy atom. The summed E-state index contributed by atoms with van der Waals surface area (Å²) < 4.78 is 9.63. The van der Waals surface area contributed by atoms with E-state index in [1.54, 1.807) is 42.2 Å². The van der Waals surface area contributed by atoms with Crippen LogP contribution in [0.3, 0.4) is 0 Å². The van der Waals surface area contributed by atoms with Crippen molar-refractivity contribution in [3.63, 3.8) is 0 Å². The van der Waals surface area contributed by atoms with Crippen molar-refractivity contribution < 1.29 is 7.80 Å². The van der Waals surface area contributed by atoms with Crippen molar-refractivity contribution in [3.8, 4) is 11.5 Å². The SMILES string of the molecule is COc1cc(C(I)(Cc2ccccc2C)N=O)ccc1OI. The molecule has 0 N–H and O–H groups in total. The summed E-state index contributed by atoms with van der Waals surface area (Å²) in [6.45, 7) is 2.03. The number of hydrogen-bond acceptors (Lipinski definition) is 4. The number of rotatable bonds is 6. The fourth-order valence-electron chi connectivity index (χ4n) is 2.22. The van der Waals surface area contributed by atoms with E-state index in [0.717, 1.165) is 16.7 Å². The zero-order valence-corrected chi connectivity index (χ0v) is 16.5. The van der Waals surface area contributed by atoms with E-state index < -0.39 is 3.55 Å². The topological polar surface area (TPSA) is 47.9 Å². The number of hydrogen-bond donors (Lipinski definition) is 0. The van der Waals surface area contributed by atoms with Gasteiger partial charge in [-0.1, -0.05) is 30.3 Å². The summed E-state index contributed by atoms with van der Waals surface area (Å²) in [6, 6.07) is 13.5. The van der Waals surface area contributed by atoms with Crippen LogP contribution in [0, 0.1) is 11.8 Å². The van der Waals surface area contributed by atoms with Crippen LogP contribution in [0.4, 0.5) is 0 Å². The predicted octanol–water partition coefficient (Wildman–Crippen LogP) is 5.33. The van der Waals surface area contributed by atoms with Gasteiger partial charge in [0.05, 0.1) is 7.11 Å². The van der Waals surface area contributed by atoms with Gasteiger partial charge in [0.2, 0.25) is 0 Å². The zero-order valence-electron chi connectivity index (χ0n) is 12.2. The van der Waals surface area contributed by atoms with E-state index in [-0.39, 0.29) is 0 Å². The number of ether oxygens (including phenoxy) is 1. The summed E-state index contributed by atoms with van der Waals surface area (Å²) in [4.78, 5) is 11.6. The van der Waals surface area contributed by atoms with Crippen LogP contribution in [0.5, 0.6) is 11.5 Å². The summed E-state index contributed by atoms with van der Waals surface area (Å²) in [5, 5.41) is 3.40. The monoisotopic (exact) mass is 523 g/mol. The Labute approximate surface area is 157 Å². The number of methoxy groups -OCH3 is 1. The summed E-state index contributed by atoms with van der Waals surface area (Å²) in [5.74, 6) is 1.20. The number of alkyl halides is 1. The lowest BCUT2D eigenvalue weighted by atomic mass is 9.96. The molecule has 0 saturated heterocycles. The van der Waals surface area contributed by atoms with Gasteiger partial charge in [0, 0.05) is 6.42 Å². The summed E-state index contributed by atoms with van der Waals surface area (Å²) in [6.07, 6.45) is 0.525. The van der Waals surface area contributed by atoms with Gasteiger partial charge >= 0.3 is 0 Å². The van der Waals surface area contributed by atoms with Gasteiger partial charge in [-0.3, -0.25) is 0 Å². The number of nitrogens with zero attached hydrogens (tertiary/aromatic N) is 1. The Kier molecular flexibility index (Phi) is 6.01. The first-order valence-corrected chi connectivity index (χ1v) is 8.55. The van der Waals surface area contributed by atoms with Crippen LogP contribution in [0.1, 0.15) is 16.7 Å². The standard InChI is InChI=1S/C16H15I2NO3/c1-11-5-3-4-6-12(11)10-16(17,19-20)13-7-8-14(22-18)15(9-13)21-2/h3-9H,10H2,1-2H3. The van der Waals surface area contributed by atoms with Crippen molar-refractivity contribution in [2.45, 2.75) is 16.9 Å². The molecule has 0 bridgehead atoms. The quantitative estimate of drug-likeness (QED) is 0.223. The normalized spacial score (nSPS) is 13.3. The lowest BCUT2D eigenvalue weighted by Gasteiger charge is -2.22. The molecular formula is C16H15I2NO3. The number of aryl methyl sites for hydroxylation is 1. The predicted molar refractivity (Wildman–Crippen MR) is 104 cm³/mol. The molecule has 1 unspecified atom stereocenters.